The number of carbonyl (C=O) groups excluding carboxylic acids is 1. The molecule has 1 aromatic heterocycles. The van der Waals surface area contributed by atoms with Crippen LogP contribution in [0.4, 0.5) is 0 Å². The second kappa shape index (κ2) is 6.37. The second-order valence-electron chi connectivity index (χ2n) is 5.90. The zero-order valence-electron chi connectivity index (χ0n) is 13.2. The molecule has 0 saturated carbocycles. The first kappa shape index (κ1) is 16.7. The first-order chi connectivity index (χ1) is 11.3. The Morgan fingerprint density at radius 2 is 1.88 bits per heavy atom. The number of piperidine rings is 1. The monoisotopic (exact) mass is 350 g/mol. The fraction of sp³-hybridized carbons (Fsp3) is 0.375. The number of benzene rings is 1. The van der Waals surface area contributed by atoms with Crippen molar-refractivity contribution < 1.29 is 22.8 Å². The lowest BCUT2D eigenvalue weighted by Gasteiger charge is -2.28. The van der Waals surface area contributed by atoms with Gasteiger partial charge < -0.3 is 14.5 Å². The van der Waals surface area contributed by atoms with E-state index in [0.29, 0.717) is 37.3 Å². The third kappa shape index (κ3) is 3.49. The number of amides is 1. The lowest BCUT2D eigenvalue weighted by atomic mass is 10.1. The zero-order valence-corrected chi connectivity index (χ0v) is 14.0. The molecule has 0 spiro atoms. The van der Waals surface area contributed by atoms with Crippen LogP contribution in [0.2, 0.25) is 0 Å². The molecule has 8 heteroatoms. The Labute approximate surface area is 139 Å². The SMILES string of the molecule is CS(=O)(=O)c1ccc(-c2cc(C(=O)N3CCC(O)CC3)no2)cc1. The predicted molar refractivity (Wildman–Crippen MR) is 86.2 cm³/mol. The Balaban J connectivity index is 1.77. The van der Waals surface area contributed by atoms with E-state index in [2.05, 4.69) is 5.16 Å². The van der Waals surface area contributed by atoms with Crippen LogP contribution in [-0.4, -0.2) is 54.9 Å². The van der Waals surface area contributed by atoms with Crippen molar-refractivity contribution in [3.63, 3.8) is 0 Å². The molecule has 0 bridgehead atoms. The van der Waals surface area contributed by atoms with Crippen molar-refractivity contribution in [3.05, 3.63) is 36.0 Å². The number of carbonyl (C=O) groups is 1. The summed E-state index contributed by atoms with van der Waals surface area (Å²) < 4.78 is 28.1. The van der Waals surface area contributed by atoms with Crippen LogP contribution in [0, 0.1) is 0 Å². The van der Waals surface area contributed by atoms with Crippen LogP contribution >= 0.6 is 0 Å². The van der Waals surface area contributed by atoms with E-state index in [-0.39, 0.29) is 22.6 Å². The van der Waals surface area contributed by atoms with Gasteiger partial charge in [0.2, 0.25) is 0 Å². The lowest BCUT2D eigenvalue weighted by Crippen LogP contribution is -2.40. The third-order valence-electron chi connectivity index (χ3n) is 4.05. The predicted octanol–water partition coefficient (Wildman–Crippen LogP) is 1.34. The van der Waals surface area contributed by atoms with Crippen LogP contribution in [0.5, 0.6) is 0 Å². The van der Waals surface area contributed by atoms with E-state index >= 15 is 0 Å². The number of hydrogen-bond acceptors (Lipinski definition) is 6. The average molecular weight is 350 g/mol. The smallest absolute Gasteiger partial charge is 0.276 e. The van der Waals surface area contributed by atoms with Crippen molar-refractivity contribution in [3.8, 4) is 11.3 Å². The highest BCUT2D eigenvalue weighted by molar-refractivity contribution is 7.90. The summed E-state index contributed by atoms with van der Waals surface area (Å²) in [6.45, 7) is 0.983. The molecule has 1 aromatic carbocycles. The zero-order chi connectivity index (χ0) is 17.3. The van der Waals surface area contributed by atoms with Gasteiger partial charge in [0.25, 0.3) is 5.91 Å². The number of rotatable bonds is 3. The van der Waals surface area contributed by atoms with Gasteiger partial charge in [0.15, 0.2) is 21.3 Å². The topological polar surface area (TPSA) is 101 Å². The van der Waals surface area contributed by atoms with Gasteiger partial charge in [0, 0.05) is 31.0 Å². The highest BCUT2D eigenvalue weighted by Gasteiger charge is 2.25. The van der Waals surface area contributed by atoms with Crippen molar-refractivity contribution in [1.82, 2.24) is 10.1 Å². The number of aliphatic hydroxyl groups excluding tert-OH is 1. The molecule has 0 radical (unpaired) electrons. The molecular weight excluding hydrogens is 332 g/mol. The normalized spacial score (nSPS) is 16.3. The Kier molecular flexibility index (Phi) is 4.42. The summed E-state index contributed by atoms with van der Waals surface area (Å²) in [6.07, 6.45) is 1.91. The molecule has 1 fully saturated rings. The maximum atomic E-state index is 12.4. The van der Waals surface area contributed by atoms with E-state index in [1.165, 1.54) is 12.1 Å². The molecule has 2 aromatic rings. The molecule has 0 atom stereocenters. The number of aliphatic hydroxyl groups is 1. The van der Waals surface area contributed by atoms with E-state index in [4.69, 9.17) is 4.52 Å². The molecular formula is C16H18N2O5S. The third-order valence-corrected chi connectivity index (χ3v) is 5.18. The summed E-state index contributed by atoms with van der Waals surface area (Å²) in [5, 5.41) is 13.3. The summed E-state index contributed by atoms with van der Waals surface area (Å²) >= 11 is 0. The van der Waals surface area contributed by atoms with Crippen LogP contribution in [-0.2, 0) is 9.84 Å². The number of likely N-dealkylation sites (tertiary alicyclic amines) is 1. The first-order valence-corrected chi connectivity index (χ1v) is 9.48. The quantitative estimate of drug-likeness (QED) is 0.896. The minimum atomic E-state index is -3.26. The maximum Gasteiger partial charge on any atom is 0.276 e. The van der Waals surface area contributed by atoms with Gasteiger partial charge in [-0.05, 0) is 37.1 Å². The van der Waals surface area contributed by atoms with E-state index in [1.807, 2.05) is 0 Å². The van der Waals surface area contributed by atoms with Crippen LogP contribution in [0.15, 0.2) is 39.8 Å². The van der Waals surface area contributed by atoms with Crippen LogP contribution in [0.25, 0.3) is 11.3 Å². The van der Waals surface area contributed by atoms with Crippen molar-refractivity contribution in [1.29, 1.82) is 0 Å². The number of nitrogens with zero attached hydrogens (tertiary/aromatic N) is 2. The van der Waals surface area contributed by atoms with Gasteiger partial charge in [0.1, 0.15) is 0 Å². The lowest BCUT2D eigenvalue weighted by molar-refractivity contribution is 0.0538. The molecule has 3 rings (SSSR count). The Hall–Kier alpha value is -2.19. The summed E-state index contributed by atoms with van der Waals surface area (Å²) in [6, 6.07) is 7.75. The van der Waals surface area contributed by atoms with Crippen LogP contribution in [0.1, 0.15) is 23.3 Å². The van der Waals surface area contributed by atoms with Gasteiger partial charge in [-0.2, -0.15) is 0 Å². The molecule has 1 N–H and O–H groups in total. The summed E-state index contributed by atoms with van der Waals surface area (Å²) in [5.74, 6) is 0.167. The van der Waals surface area contributed by atoms with Gasteiger partial charge >= 0.3 is 0 Å². The van der Waals surface area contributed by atoms with Gasteiger partial charge in [-0.1, -0.05) is 5.16 Å². The van der Waals surface area contributed by atoms with E-state index in [9.17, 15) is 18.3 Å². The summed E-state index contributed by atoms with van der Waals surface area (Å²) in [4.78, 5) is 14.2. The fourth-order valence-corrected chi connectivity index (χ4v) is 3.24. The number of aromatic nitrogens is 1. The Bertz CT molecular complexity index is 834. The number of hydrogen-bond donors (Lipinski definition) is 1. The van der Waals surface area contributed by atoms with Crippen molar-refractivity contribution in [2.24, 2.45) is 0 Å². The molecule has 7 nitrogen and oxygen atoms in total. The standard InChI is InChI=1S/C16H18N2O5S/c1-24(21,22)13-4-2-11(3-5-13)15-10-14(17-23-15)16(20)18-8-6-12(19)7-9-18/h2-5,10,12,19H,6-9H2,1H3. The van der Waals surface area contributed by atoms with Gasteiger partial charge in [-0.25, -0.2) is 8.42 Å². The molecule has 0 unspecified atom stereocenters. The number of sulfone groups is 1. The average Bonchev–Trinajstić information content (AvgIpc) is 3.04. The highest BCUT2D eigenvalue weighted by atomic mass is 32.2. The van der Waals surface area contributed by atoms with E-state index in [1.54, 1.807) is 23.1 Å². The Morgan fingerprint density at radius 3 is 2.46 bits per heavy atom. The molecule has 1 amide bonds. The minimum absolute atomic E-state index is 0.202. The minimum Gasteiger partial charge on any atom is -0.393 e. The molecule has 128 valence electrons. The fourth-order valence-electron chi connectivity index (χ4n) is 2.61. The van der Waals surface area contributed by atoms with Gasteiger partial charge in [-0.3, -0.25) is 4.79 Å². The highest BCUT2D eigenvalue weighted by Crippen LogP contribution is 2.23. The Morgan fingerprint density at radius 1 is 1.25 bits per heavy atom. The second-order valence-corrected chi connectivity index (χ2v) is 7.91. The van der Waals surface area contributed by atoms with Crippen molar-refractivity contribution >= 4 is 15.7 Å². The molecule has 24 heavy (non-hydrogen) atoms. The largest absolute Gasteiger partial charge is 0.393 e. The van der Waals surface area contributed by atoms with Crippen molar-refractivity contribution in [2.45, 2.75) is 23.8 Å². The van der Waals surface area contributed by atoms with Crippen LogP contribution in [0.3, 0.4) is 0 Å². The maximum absolute atomic E-state index is 12.4. The molecule has 1 saturated heterocycles. The van der Waals surface area contributed by atoms with Crippen LogP contribution < -0.4 is 0 Å². The van der Waals surface area contributed by atoms with Gasteiger partial charge in [0.05, 0.1) is 11.0 Å². The summed E-state index contributed by atoms with van der Waals surface area (Å²) in [7, 11) is -3.26. The first-order valence-electron chi connectivity index (χ1n) is 7.59. The van der Waals surface area contributed by atoms with E-state index < -0.39 is 9.84 Å². The molecule has 1 aliphatic heterocycles. The van der Waals surface area contributed by atoms with E-state index in [0.717, 1.165) is 6.26 Å². The van der Waals surface area contributed by atoms with Crippen molar-refractivity contribution in [2.75, 3.05) is 19.3 Å². The molecule has 2 heterocycles. The molecule has 0 aliphatic carbocycles. The van der Waals surface area contributed by atoms with Gasteiger partial charge in [-0.15, -0.1) is 0 Å². The molecule has 1 aliphatic rings. The summed E-state index contributed by atoms with van der Waals surface area (Å²) in [5.41, 5.74) is 0.844.